The van der Waals surface area contributed by atoms with Crippen LogP contribution in [-0.4, -0.2) is 34.6 Å². The summed E-state index contributed by atoms with van der Waals surface area (Å²) >= 11 is 0. The molecule has 0 aliphatic heterocycles. The Kier molecular flexibility index (Phi) is 5.54. The van der Waals surface area contributed by atoms with Gasteiger partial charge in [-0.25, -0.2) is 6.57 Å². The fraction of sp³-hybridized carbons (Fsp3) is 0.839. The van der Waals surface area contributed by atoms with E-state index in [1.807, 2.05) is 13.8 Å². The molecule has 4 fully saturated rings. The van der Waals surface area contributed by atoms with Crippen molar-refractivity contribution in [1.82, 2.24) is 0 Å². The van der Waals surface area contributed by atoms with Crippen LogP contribution in [0.3, 0.4) is 0 Å². The van der Waals surface area contributed by atoms with E-state index in [1.165, 1.54) is 5.57 Å². The maximum absolute atomic E-state index is 13.3. The summed E-state index contributed by atoms with van der Waals surface area (Å²) in [4.78, 5) is 29.9. The third kappa shape index (κ3) is 2.97. The van der Waals surface area contributed by atoms with Crippen LogP contribution in [0, 0.1) is 56.8 Å². The van der Waals surface area contributed by atoms with Gasteiger partial charge in [-0.1, -0.05) is 53.2 Å². The van der Waals surface area contributed by atoms with Crippen LogP contribution in [0.4, 0.5) is 0 Å². The second kappa shape index (κ2) is 7.68. The van der Waals surface area contributed by atoms with E-state index in [9.17, 15) is 19.8 Å². The summed E-state index contributed by atoms with van der Waals surface area (Å²) < 4.78 is 0. The number of Topliss-reactive ketones (excluding diaryl/α,β-unsaturated/α-hetero) is 1. The average molecular weight is 496 g/mol. The van der Waals surface area contributed by atoms with E-state index in [2.05, 4.69) is 38.6 Å². The minimum absolute atomic E-state index is 0.00935. The Morgan fingerprint density at radius 3 is 2.31 bits per heavy atom. The molecule has 0 saturated heterocycles. The molecule has 5 nitrogen and oxygen atoms in total. The van der Waals surface area contributed by atoms with E-state index in [0.29, 0.717) is 12.8 Å². The summed E-state index contributed by atoms with van der Waals surface area (Å²) in [5.41, 5.74) is -0.503. The first-order valence-electron chi connectivity index (χ1n) is 14.1. The molecule has 0 aromatic carbocycles. The van der Waals surface area contributed by atoms with Crippen molar-refractivity contribution in [3.63, 3.8) is 0 Å². The lowest BCUT2D eigenvalue weighted by Crippen LogP contribution is -2.67. The third-order valence-electron chi connectivity index (χ3n) is 13.0. The number of aliphatic hydroxyl groups is 1. The van der Waals surface area contributed by atoms with Gasteiger partial charge >= 0.3 is 5.97 Å². The lowest BCUT2D eigenvalue weighted by Gasteiger charge is -2.70. The van der Waals surface area contributed by atoms with Crippen LogP contribution >= 0.6 is 0 Å². The lowest BCUT2D eigenvalue weighted by atomic mass is 9.33. The fourth-order valence-electron chi connectivity index (χ4n) is 10.6. The second-order valence-electron chi connectivity index (χ2n) is 15.0. The van der Waals surface area contributed by atoms with Crippen LogP contribution in [0.1, 0.15) is 99.3 Å². The van der Waals surface area contributed by atoms with E-state index < -0.39 is 28.3 Å². The van der Waals surface area contributed by atoms with Gasteiger partial charge in [0.25, 0.3) is 6.04 Å². The number of carboxylic acids is 1. The van der Waals surface area contributed by atoms with Gasteiger partial charge in [0.2, 0.25) is 5.78 Å². The number of allylic oxidation sites excluding steroid dienone is 2. The SMILES string of the molecule is [C-]#[N+]C1C[C@@]2(CO)C(CC[C@]3(C)C2CC=C2C4CC(C)(C)CC[C@]4(C(=O)O)CC[C@]23C)C(C)(C)C1=O. The maximum atomic E-state index is 13.3. The van der Waals surface area contributed by atoms with Crippen LogP contribution in [0.5, 0.6) is 0 Å². The highest BCUT2D eigenvalue weighted by Crippen LogP contribution is 2.75. The van der Waals surface area contributed by atoms with Gasteiger partial charge in [0.1, 0.15) is 0 Å². The molecule has 0 aromatic heterocycles. The summed E-state index contributed by atoms with van der Waals surface area (Å²) in [5.74, 6) is -0.290. The molecule has 0 amide bonds. The number of aliphatic carboxylic acids is 1. The van der Waals surface area contributed by atoms with Crippen LogP contribution in [0.15, 0.2) is 11.6 Å². The molecule has 5 aliphatic carbocycles. The van der Waals surface area contributed by atoms with Crippen molar-refractivity contribution in [3.05, 3.63) is 23.1 Å². The first-order chi connectivity index (χ1) is 16.7. The number of carbonyl (C=O) groups is 2. The highest BCUT2D eigenvalue weighted by Gasteiger charge is 2.72. The van der Waals surface area contributed by atoms with Gasteiger partial charge < -0.3 is 15.1 Å². The van der Waals surface area contributed by atoms with Gasteiger partial charge in [-0.3, -0.25) is 9.59 Å². The summed E-state index contributed by atoms with van der Waals surface area (Å²) in [6.45, 7) is 21.2. The van der Waals surface area contributed by atoms with Crippen LogP contribution in [0.25, 0.3) is 4.85 Å². The van der Waals surface area contributed by atoms with Gasteiger partial charge in [-0.2, -0.15) is 0 Å². The Morgan fingerprint density at radius 2 is 1.69 bits per heavy atom. The van der Waals surface area contributed by atoms with E-state index in [1.54, 1.807) is 0 Å². The summed E-state index contributed by atoms with van der Waals surface area (Å²) in [6, 6.07) is -0.686. The Hall–Kier alpha value is -1.67. The van der Waals surface area contributed by atoms with Gasteiger partial charge in [-0.05, 0) is 85.4 Å². The first kappa shape index (κ1) is 26.0. The number of hydrogen-bond acceptors (Lipinski definition) is 3. The summed E-state index contributed by atoms with van der Waals surface area (Å²) in [5, 5.41) is 21.6. The first-order valence-corrected chi connectivity index (χ1v) is 14.1. The quantitative estimate of drug-likeness (QED) is 0.347. The van der Waals surface area contributed by atoms with Crippen molar-refractivity contribution in [2.24, 2.45) is 50.2 Å². The molecule has 8 atom stereocenters. The molecule has 4 saturated carbocycles. The van der Waals surface area contributed by atoms with Crippen LogP contribution < -0.4 is 0 Å². The normalized spacial score (nSPS) is 48.8. The van der Waals surface area contributed by atoms with Gasteiger partial charge in [0.15, 0.2) is 0 Å². The monoisotopic (exact) mass is 495 g/mol. The fourth-order valence-corrected chi connectivity index (χ4v) is 10.6. The molecule has 5 heteroatoms. The molecular formula is C31H45NO4. The third-order valence-corrected chi connectivity index (χ3v) is 13.0. The molecule has 198 valence electrons. The Bertz CT molecular complexity index is 1070. The molecule has 0 radical (unpaired) electrons. The number of rotatable bonds is 2. The zero-order valence-electron chi connectivity index (χ0n) is 23.1. The molecule has 5 aliphatic rings. The van der Waals surface area contributed by atoms with Crippen molar-refractivity contribution >= 4 is 11.8 Å². The predicted molar refractivity (Wildman–Crippen MR) is 139 cm³/mol. The smallest absolute Gasteiger partial charge is 0.310 e. The van der Waals surface area contributed by atoms with Gasteiger partial charge in [-0.15, -0.1) is 0 Å². The topological polar surface area (TPSA) is 79.0 Å². The second-order valence-corrected chi connectivity index (χ2v) is 15.0. The lowest BCUT2D eigenvalue weighted by molar-refractivity contribution is -0.203. The largest absolute Gasteiger partial charge is 0.481 e. The summed E-state index contributed by atoms with van der Waals surface area (Å²) in [7, 11) is 0. The molecular weight excluding hydrogens is 450 g/mol. The van der Waals surface area contributed by atoms with Crippen LogP contribution in [0.2, 0.25) is 0 Å². The number of hydrogen-bond donors (Lipinski definition) is 2. The summed E-state index contributed by atoms with van der Waals surface area (Å²) in [6.07, 6.45) is 9.68. The minimum Gasteiger partial charge on any atom is -0.481 e. The van der Waals surface area contributed by atoms with Crippen molar-refractivity contribution in [2.75, 3.05) is 6.61 Å². The Morgan fingerprint density at radius 1 is 1.03 bits per heavy atom. The van der Waals surface area contributed by atoms with Crippen molar-refractivity contribution in [1.29, 1.82) is 0 Å². The zero-order valence-corrected chi connectivity index (χ0v) is 23.1. The molecule has 0 aromatic rings. The number of nitrogens with zero attached hydrogens (tertiary/aromatic N) is 1. The van der Waals surface area contributed by atoms with E-state index in [0.717, 1.165) is 44.9 Å². The molecule has 2 N–H and O–H groups in total. The molecule has 5 rings (SSSR count). The van der Waals surface area contributed by atoms with E-state index in [4.69, 9.17) is 6.57 Å². The number of carboxylic acid groups (broad SMARTS) is 1. The number of ketones is 1. The zero-order chi connectivity index (χ0) is 26.5. The maximum Gasteiger partial charge on any atom is 0.310 e. The molecule has 36 heavy (non-hydrogen) atoms. The van der Waals surface area contributed by atoms with E-state index >= 15 is 0 Å². The van der Waals surface area contributed by atoms with Gasteiger partial charge in [0, 0.05) is 23.9 Å². The highest BCUT2D eigenvalue weighted by molar-refractivity contribution is 5.92. The molecule has 0 bridgehead atoms. The van der Waals surface area contributed by atoms with Crippen molar-refractivity contribution < 1.29 is 19.8 Å². The van der Waals surface area contributed by atoms with E-state index in [-0.39, 0.29) is 46.4 Å². The number of aliphatic hydroxyl groups excluding tert-OH is 1. The number of fused-ring (bicyclic) bond motifs is 7. The van der Waals surface area contributed by atoms with Crippen molar-refractivity contribution in [3.8, 4) is 0 Å². The average Bonchev–Trinajstić information content (AvgIpc) is 2.81. The predicted octanol–water partition coefficient (Wildman–Crippen LogP) is 6.31. The van der Waals surface area contributed by atoms with Gasteiger partial charge in [0.05, 0.1) is 5.41 Å². The number of carbonyl (C=O) groups excluding carboxylic acids is 1. The Labute approximate surface area is 216 Å². The molecule has 0 heterocycles. The van der Waals surface area contributed by atoms with Crippen molar-refractivity contribution in [2.45, 2.75) is 105 Å². The molecule has 0 spiro atoms. The highest BCUT2D eigenvalue weighted by atomic mass is 16.4. The Balaban J connectivity index is 1.64. The standard InChI is InChI=1S/C31H45NO4/c1-26(2)12-14-30(25(35)36)15-13-28(5)19(20(30)16-26)8-9-23-29(28,6)11-10-22-27(3,4)24(34)21(32-7)17-31(22,23)18-33/h8,20-23,33H,9-18H2,1-6H3,(H,35,36)/t20?,21?,22?,23?,28-,29-,30+,31-/m1/s1. The minimum atomic E-state index is -0.686. The van der Waals surface area contributed by atoms with Crippen LogP contribution in [-0.2, 0) is 9.59 Å². The molecule has 4 unspecified atom stereocenters.